The molecule has 19 heavy (non-hydrogen) atoms. The first-order valence-electron chi connectivity index (χ1n) is 6.27. The Morgan fingerprint density at radius 2 is 2.00 bits per heavy atom. The van der Waals surface area contributed by atoms with Crippen molar-refractivity contribution < 1.29 is 9.53 Å². The number of hydrogen-bond donors (Lipinski definition) is 1. The van der Waals surface area contributed by atoms with Crippen molar-refractivity contribution in [3.63, 3.8) is 0 Å². The second-order valence-corrected chi connectivity index (χ2v) is 4.03. The highest BCUT2D eigenvalue weighted by Gasteiger charge is 2.13. The largest absolute Gasteiger partial charge is 0.438 e. The standard InChI is InChI=1S/C15H16N2O2/c1-2-10-16-14(18)13-9-6-11-17-15(13)19-12-7-4-3-5-8-12/h3-9,11H,2,10H2,1H3,(H,16,18). The molecule has 0 fully saturated rings. The van der Waals surface area contributed by atoms with E-state index in [0.29, 0.717) is 23.7 Å². The van der Waals surface area contributed by atoms with Gasteiger partial charge in [-0.15, -0.1) is 0 Å². The summed E-state index contributed by atoms with van der Waals surface area (Å²) in [4.78, 5) is 16.1. The highest BCUT2D eigenvalue weighted by atomic mass is 16.5. The van der Waals surface area contributed by atoms with E-state index in [2.05, 4.69) is 10.3 Å². The zero-order valence-electron chi connectivity index (χ0n) is 10.8. The van der Waals surface area contributed by atoms with Crippen LogP contribution in [0.4, 0.5) is 0 Å². The van der Waals surface area contributed by atoms with Crippen molar-refractivity contribution >= 4 is 5.91 Å². The van der Waals surface area contributed by atoms with Crippen molar-refractivity contribution in [3.8, 4) is 11.6 Å². The molecule has 0 unspecified atom stereocenters. The smallest absolute Gasteiger partial charge is 0.256 e. The minimum atomic E-state index is -0.166. The Morgan fingerprint density at radius 3 is 2.74 bits per heavy atom. The molecule has 4 heteroatoms. The summed E-state index contributed by atoms with van der Waals surface area (Å²) in [5, 5.41) is 2.82. The predicted octanol–water partition coefficient (Wildman–Crippen LogP) is 3.01. The second kappa shape index (κ2) is 6.54. The van der Waals surface area contributed by atoms with Gasteiger partial charge < -0.3 is 10.1 Å². The number of carbonyl (C=O) groups excluding carboxylic acids is 1. The molecule has 1 N–H and O–H groups in total. The molecule has 0 spiro atoms. The normalized spacial score (nSPS) is 9.95. The van der Waals surface area contributed by atoms with Crippen molar-refractivity contribution in [2.24, 2.45) is 0 Å². The first kappa shape index (κ1) is 13.1. The highest BCUT2D eigenvalue weighted by Crippen LogP contribution is 2.22. The maximum absolute atomic E-state index is 12.0. The molecule has 0 radical (unpaired) electrons. The van der Waals surface area contributed by atoms with Gasteiger partial charge in [-0.05, 0) is 30.7 Å². The van der Waals surface area contributed by atoms with Gasteiger partial charge in [0.05, 0.1) is 0 Å². The maximum Gasteiger partial charge on any atom is 0.256 e. The van der Waals surface area contributed by atoms with Crippen LogP contribution in [0.5, 0.6) is 11.6 Å². The van der Waals surface area contributed by atoms with E-state index in [0.717, 1.165) is 6.42 Å². The topological polar surface area (TPSA) is 51.2 Å². The molecular weight excluding hydrogens is 240 g/mol. The van der Waals surface area contributed by atoms with Crippen LogP contribution in [0.3, 0.4) is 0 Å². The van der Waals surface area contributed by atoms with Gasteiger partial charge in [-0.25, -0.2) is 4.98 Å². The van der Waals surface area contributed by atoms with Crippen LogP contribution in [-0.2, 0) is 0 Å². The van der Waals surface area contributed by atoms with Crippen molar-refractivity contribution in [2.75, 3.05) is 6.54 Å². The Kier molecular flexibility index (Phi) is 4.50. The number of para-hydroxylation sites is 1. The third kappa shape index (κ3) is 3.55. The summed E-state index contributed by atoms with van der Waals surface area (Å²) in [6, 6.07) is 12.7. The van der Waals surface area contributed by atoms with E-state index in [1.807, 2.05) is 37.3 Å². The third-order valence-electron chi connectivity index (χ3n) is 2.51. The van der Waals surface area contributed by atoms with Crippen LogP contribution >= 0.6 is 0 Å². The third-order valence-corrected chi connectivity index (χ3v) is 2.51. The van der Waals surface area contributed by atoms with E-state index >= 15 is 0 Å². The molecule has 1 aromatic heterocycles. The van der Waals surface area contributed by atoms with Gasteiger partial charge >= 0.3 is 0 Å². The Bertz CT molecular complexity index is 541. The monoisotopic (exact) mass is 256 g/mol. The lowest BCUT2D eigenvalue weighted by Gasteiger charge is -2.09. The first-order chi connectivity index (χ1) is 9.31. The van der Waals surface area contributed by atoms with E-state index < -0.39 is 0 Å². The summed E-state index contributed by atoms with van der Waals surface area (Å²) >= 11 is 0. The summed E-state index contributed by atoms with van der Waals surface area (Å²) < 4.78 is 5.64. The van der Waals surface area contributed by atoms with Gasteiger partial charge in [-0.3, -0.25) is 4.79 Å². The average molecular weight is 256 g/mol. The van der Waals surface area contributed by atoms with E-state index in [4.69, 9.17) is 4.74 Å². The number of pyridine rings is 1. The summed E-state index contributed by atoms with van der Waals surface area (Å²) in [6.45, 7) is 2.64. The lowest BCUT2D eigenvalue weighted by atomic mass is 10.2. The molecule has 98 valence electrons. The number of ether oxygens (including phenoxy) is 1. The van der Waals surface area contributed by atoms with Gasteiger partial charge in [0.25, 0.3) is 5.91 Å². The molecule has 2 rings (SSSR count). The molecule has 0 saturated carbocycles. The SMILES string of the molecule is CCCNC(=O)c1cccnc1Oc1ccccc1. The summed E-state index contributed by atoms with van der Waals surface area (Å²) in [5.41, 5.74) is 0.444. The van der Waals surface area contributed by atoms with Gasteiger partial charge in [0, 0.05) is 12.7 Å². The van der Waals surface area contributed by atoms with E-state index in [-0.39, 0.29) is 5.91 Å². The minimum Gasteiger partial charge on any atom is -0.438 e. The molecule has 0 saturated heterocycles. The number of hydrogen-bond acceptors (Lipinski definition) is 3. The van der Waals surface area contributed by atoms with Crippen molar-refractivity contribution in [2.45, 2.75) is 13.3 Å². The van der Waals surface area contributed by atoms with Crippen molar-refractivity contribution in [1.82, 2.24) is 10.3 Å². The quantitative estimate of drug-likeness (QED) is 0.894. The fourth-order valence-electron chi connectivity index (χ4n) is 1.58. The van der Waals surface area contributed by atoms with Gasteiger partial charge in [-0.2, -0.15) is 0 Å². The Balaban J connectivity index is 2.19. The second-order valence-electron chi connectivity index (χ2n) is 4.03. The predicted molar refractivity (Wildman–Crippen MR) is 73.4 cm³/mol. The molecule has 1 heterocycles. The maximum atomic E-state index is 12.0. The Labute approximate surface area is 112 Å². The number of carbonyl (C=O) groups is 1. The van der Waals surface area contributed by atoms with Crippen molar-refractivity contribution in [3.05, 3.63) is 54.2 Å². The summed E-state index contributed by atoms with van der Waals surface area (Å²) in [5.74, 6) is 0.814. The molecule has 1 amide bonds. The van der Waals surface area contributed by atoms with Crippen LogP contribution in [0, 0.1) is 0 Å². The molecule has 2 aromatic rings. The van der Waals surface area contributed by atoms with Gasteiger partial charge in [0.1, 0.15) is 11.3 Å². The number of nitrogens with zero attached hydrogens (tertiary/aromatic N) is 1. The van der Waals surface area contributed by atoms with E-state index in [9.17, 15) is 4.79 Å². The lowest BCUT2D eigenvalue weighted by Crippen LogP contribution is -2.24. The fourth-order valence-corrected chi connectivity index (χ4v) is 1.58. The van der Waals surface area contributed by atoms with Crippen LogP contribution in [0.2, 0.25) is 0 Å². The molecule has 0 aliphatic carbocycles. The lowest BCUT2D eigenvalue weighted by molar-refractivity contribution is 0.0950. The zero-order valence-corrected chi connectivity index (χ0v) is 10.8. The minimum absolute atomic E-state index is 0.166. The fraction of sp³-hybridized carbons (Fsp3) is 0.200. The summed E-state index contributed by atoms with van der Waals surface area (Å²) in [6.07, 6.45) is 2.50. The molecular formula is C15H16N2O2. The number of rotatable bonds is 5. The van der Waals surface area contributed by atoms with Gasteiger partial charge in [0.15, 0.2) is 0 Å². The van der Waals surface area contributed by atoms with Crippen LogP contribution < -0.4 is 10.1 Å². The van der Waals surface area contributed by atoms with Crippen LogP contribution in [0.25, 0.3) is 0 Å². The van der Waals surface area contributed by atoms with Crippen molar-refractivity contribution in [1.29, 1.82) is 0 Å². The summed E-state index contributed by atoms with van der Waals surface area (Å²) in [7, 11) is 0. The van der Waals surface area contributed by atoms with Crippen LogP contribution in [-0.4, -0.2) is 17.4 Å². The first-order valence-corrected chi connectivity index (χ1v) is 6.27. The molecule has 0 aliphatic rings. The average Bonchev–Trinajstić information content (AvgIpc) is 2.46. The number of aromatic nitrogens is 1. The highest BCUT2D eigenvalue weighted by molar-refractivity contribution is 5.96. The zero-order chi connectivity index (χ0) is 13.5. The van der Waals surface area contributed by atoms with Gasteiger partial charge in [-0.1, -0.05) is 25.1 Å². The Morgan fingerprint density at radius 1 is 1.21 bits per heavy atom. The van der Waals surface area contributed by atoms with Gasteiger partial charge in [0.2, 0.25) is 5.88 Å². The number of nitrogens with one attached hydrogen (secondary N) is 1. The molecule has 0 aliphatic heterocycles. The van der Waals surface area contributed by atoms with Crippen LogP contribution in [0.15, 0.2) is 48.7 Å². The molecule has 0 atom stereocenters. The number of benzene rings is 1. The molecule has 0 bridgehead atoms. The van der Waals surface area contributed by atoms with E-state index in [1.165, 1.54) is 0 Å². The molecule has 4 nitrogen and oxygen atoms in total. The Hall–Kier alpha value is -2.36. The number of amides is 1. The molecule has 1 aromatic carbocycles. The van der Waals surface area contributed by atoms with E-state index in [1.54, 1.807) is 18.3 Å². The van der Waals surface area contributed by atoms with Crippen LogP contribution in [0.1, 0.15) is 23.7 Å².